The Labute approximate surface area is 133 Å². The molecular weight excluding hydrogens is 367 g/mol. The summed E-state index contributed by atoms with van der Waals surface area (Å²) in [6.07, 6.45) is 0. The summed E-state index contributed by atoms with van der Waals surface area (Å²) >= 11 is 2.21. The third-order valence-electron chi connectivity index (χ3n) is 3.45. The predicted octanol–water partition coefficient (Wildman–Crippen LogP) is 2.56. The molecule has 1 aliphatic heterocycles. The minimum atomic E-state index is -0.871. The van der Waals surface area contributed by atoms with Gasteiger partial charge in [0.05, 0.1) is 0 Å². The van der Waals surface area contributed by atoms with Crippen LogP contribution in [0.2, 0.25) is 0 Å². The second-order valence-electron chi connectivity index (χ2n) is 5.96. The molecule has 1 aromatic carbocycles. The summed E-state index contributed by atoms with van der Waals surface area (Å²) in [4.78, 5) is 26.7. The molecule has 2 rings (SSSR count). The van der Waals surface area contributed by atoms with E-state index < -0.39 is 11.6 Å². The Morgan fingerprint density at radius 3 is 2.50 bits per heavy atom. The van der Waals surface area contributed by atoms with Crippen molar-refractivity contribution in [1.82, 2.24) is 5.32 Å². The van der Waals surface area contributed by atoms with E-state index in [-0.39, 0.29) is 17.7 Å². The van der Waals surface area contributed by atoms with E-state index >= 15 is 0 Å². The summed E-state index contributed by atoms with van der Waals surface area (Å²) in [7, 11) is 0. The molecule has 1 N–H and O–H groups in total. The molecule has 1 heterocycles. The van der Waals surface area contributed by atoms with Gasteiger partial charge in [0.25, 0.3) is 5.91 Å². The summed E-state index contributed by atoms with van der Waals surface area (Å²) in [6.45, 7) is 7.39. The molecule has 0 aromatic heterocycles. The van der Waals surface area contributed by atoms with E-state index in [0.29, 0.717) is 0 Å². The lowest BCUT2D eigenvalue weighted by atomic mass is 9.91. The predicted molar refractivity (Wildman–Crippen MR) is 87.5 cm³/mol. The molecule has 5 heteroatoms. The van der Waals surface area contributed by atoms with E-state index in [9.17, 15) is 9.59 Å². The van der Waals surface area contributed by atoms with Crippen molar-refractivity contribution in [3.8, 4) is 0 Å². The van der Waals surface area contributed by atoms with Gasteiger partial charge in [-0.3, -0.25) is 14.5 Å². The summed E-state index contributed by atoms with van der Waals surface area (Å²) in [5.74, 6) is -0.117. The first-order chi connectivity index (χ1) is 9.24. The second-order valence-corrected chi connectivity index (χ2v) is 7.20. The van der Waals surface area contributed by atoms with Gasteiger partial charge in [0.2, 0.25) is 5.91 Å². The molecule has 1 aromatic rings. The van der Waals surface area contributed by atoms with Gasteiger partial charge in [-0.25, -0.2) is 0 Å². The first-order valence-corrected chi connectivity index (χ1v) is 7.73. The van der Waals surface area contributed by atoms with E-state index in [2.05, 4.69) is 27.9 Å². The maximum Gasteiger partial charge on any atom is 0.252 e. The first-order valence-electron chi connectivity index (χ1n) is 6.65. The van der Waals surface area contributed by atoms with Crippen molar-refractivity contribution in [3.05, 3.63) is 27.8 Å². The fraction of sp³-hybridized carbons (Fsp3) is 0.467. The lowest BCUT2D eigenvalue weighted by Crippen LogP contribution is -2.69. The maximum absolute atomic E-state index is 12.7. The molecule has 0 aliphatic carbocycles. The summed E-state index contributed by atoms with van der Waals surface area (Å²) in [6, 6.07) is 7.22. The van der Waals surface area contributed by atoms with Gasteiger partial charge in [-0.2, -0.15) is 0 Å². The van der Waals surface area contributed by atoms with Gasteiger partial charge in [-0.15, -0.1) is 0 Å². The van der Waals surface area contributed by atoms with E-state index in [0.717, 1.165) is 9.26 Å². The Kier molecular flexibility index (Phi) is 4.09. The van der Waals surface area contributed by atoms with Crippen LogP contribution in [0.4, 0.5) is 5.69 Å². The van der Waals surface area contributed by atoms with Crippen LogP contribution < -0.4 is 10.2 Å². The Bertz CT molecular complexity index is 555. The minimum absolute atomic E-state index is 0.0490. The smallest absolute Gasteiger partial charge is 0.252 e. The highest BCUT2D eigenvalue weighted by atomic mass is 127. The number of nitrogens with one attached hydrogen (secondary N) is 1. The van der Waals surface area contributed by atoms with Crippen LogP contribution in [-0.4, -0.2) is 23.4 Å². The monoisotopic (exact) mass is 386 g/mol. The number of carbonyl (C=O) groups excluding carboxylic acids is 2. The highest BCUT2D eigenvalue weighted by Crippen LogP contribution is 2.29. The maximum atomic E-state index is 12.7. The quantitative estimate of drug-likeness (QED) is 0.795. The number of piperazine rings is 1. The van der Waals surface area contributed by atoms with Gasteiger partial charge in [-0.1, -0.05) is 19.9 Å². The zero-order valence-electron chi connectivity index (χ0n) is 12.1. The van der Waals surface area contributed by atoms with Crippen molar-refractivity contribution in [3.63, 3.8) is 0 Å². The van der Waals surface area contributed by atoms with Crippen LogP contribution in [0.15, 0.2) is 24.3 Å². The molecule has 0 spiro atoms. The van der Waals surface area contributed by atoms with E-state index in [1.165, 1.54) is 0 Å². The number of carbonyl (C=O) groups is 2. The van der Waals surface area contributed by atoms with Gasteiger partial charge in [0.15, 0.2) is 0 Å². The van der Waals surface area contributed by atoms with Gasteiger partial charge in [0.1, 0.15) is 11.6 Å². The molecule has 1 fully saturated rings. The number of hydrogen-bond acceptors (Lipinski definition) is 2. The van der Waals surface area contributed by atoms with Crippen molar-refractivity contribution in [2.45, 2.75) is 39.3 Å². The molecule has 0 saturated carbocycles. The van der Waals surface area contributed by atoms with E-state index in [4.69, 9.17) is 0 Å². The Morgan fingerprint density at radius 1 is 1.30 bits per heavy atom. The zero-order chi connectivity index (χ0) is 15.1. The lowest BCUT2D eigenvalue weighted by Gasteiger charge is -2.44. The largest absolute Gasteiger partial charge is 0.340 e. The second kappa shape index (κ2) is 5.35. The van der Waals surface area contributed by atoms with E-state index in [1.807, 2.05) is 38.1 Å². The highest BCUT2D eigenvalue weighted by molar-refractivity contribution is 14.1. The third kappa shape index (κ3) is 2.68. The molecular formula is C15H19IN2O2. The first kappa shape index (κ1) is 15.3. The normalized spacial score (nSPS) is 22.1. The van der Waals surface area contributed by atoms with Crippen molar-refractivity contribution < 1.29 is 9.59 Å². The van der Waals surface area contributed by atoms with E-state index in [1.54, 1.807) is 18.7 Å². The van der Waals surface area contributed by atoms with Crippen molar-refractivity contribution in [2.24, 2.45) is 5.92 Å². The summed E-state index contributed by atoms with van der Waals surface area (Å²) in [5.41, 5.74) is -0.0902. The molecule has 1 aliphatic rings. The number of benzene rings is 1. The number of amides is 2. The summed E-state index contributed by atoms with van der Waals surface area (Å²) in [5, 5.41) is 2.82. The number of hydrogen-bond donors (Lipinski definition) is 1. The Balaban J connectivity index is 2.53. The molecule has 1 saturated heterocycles. The van der Waals surface area contributed by atoms with Crippen molar-refractivity contribution in [1.29, 1.82) is 0 Å². The standard InChI is InChI=1S/C15H19IN2O2/c1-9(2)12-13(19)17-15(3,4)14(20)18(12)11-7-5-6-10(16)8-11/h5-9,12H,1-4H3,(H,17,19). The molecule has 108 valence electrons. The fourth-order valence-electron chi connectivity index (χ4n) is 2.48. The molecule has 2 amide bonds. The SMILES string of the molecule is CC(C)C1C(=O)NC(C)(C)C(=O)N1c1cccc(I)c1. The van der Waals surface area contributed by atoms with Crippen LogP contribution in [0.5, 0.6) is 0 Å². The average Bonchev–Trinajstić information content (AvgIpc) is 2.32. The van der Waals surface area contributed by atoms with Crippen LogP contribution in [0.3, 0.4) is 0 Å². The van der Waals surface area contributed by atoms with Crippen LogP contribution >= 0.6 is 22.6 Å². The van der Waals surface area contributed by atoms with Crippen molar-refractivity contribution in [2.75, 3.05) is 4.90 Å². The lowest BCUT2D eigenvalue weighted by molar-refractivity contribution is -0.138. The zero-order valence-corrected chi connectivity index (χ0v) is 14.3. The fourth-order valence-corrected chi connectivity index (χ4v) is 3.01. The number of rotatable bonds is 2. The number of nitrogens with zero attached hydrogens (tertiary/aromatic N) is 1. The van der Waals surface area contributed by atoms with Gasteiger partial charge >= 0.3 is 0 Å². The molecule has 20 heavy (non-hydrogen) atoms. The molecule has 1 unspecified atom stereocenters. The Hall–Kier alpha value is -1.11. The van der Waals surface area contributed by atoms with Crippen LogP contribution in [0.1, 0.15) is 27.7 Å². The van der Waals surface area contributed by atoms with Crippen LogP contribution in [0.25, 0.3) is 0 Å². The third-order valence-corrected chi connectivity index (χ3v) is 4.12. The molecule has 0 radical (unpaired) electrons. The van der Waals surface area contributed by atoms with Crippen LogP contribution in [-0.2, 0) is 9.59 Å². The van der Waals surface area contributed by atoms with Crippen LogP contribution in [0, 0.1) is 9.49 Å². The van der Waals surface area contributed by atoms with Gasteiger partial charge in [-0.05, 0) is 60.6 Å². The highest BCUT2D eigenvalue weighted by Gasteiger charge is 2.46. The Morgan fingerprint density at radius 2 is 1.95 bits per heavy atom. The molecule has 0 bridgehead atoms. The molecule has 4 nitrogen and oxygen atoms in total. The average molecular weight is 386 g/mol. The number of halogens is 1. The van der Waals surface area contributed by atoms with Crippen molar-refractivity contribution >= 4 is 40.1 Å². The number of anilines is 1. The summed E-state index contributed by atoms with van der Waals surface area (Å²) < 4.78 is 1.04. The van der Waals surface area contributed by atoms with Gasteiger partial charge < -0.3 is 5.32 Å². The topological polar surface area (TPSA) is 49.4 Å². The van der Waals surface area contributed by atoms with Gasteiger partial charge in [0, 0.05) is 9.26 Å². The molecule has 1 atom stereocenters. The minimum Gasteiger partial charge on any atom is -0.340 e.